The molecule has 3 heterocycles. The van der Waals surface area contributed by atoms with Gasteiger partial charge in [-0.2, -0.15) is 0 Å². The topological polar surface area (TPSA) is 84.4 Å². The molecule has 3 amide bonds. The Morgan fingerprint density at radius 2 is 2.11 bits per heavy atom. The SMILES string of the molecule is CCc1cc(Oc2ccc(NC(=O)N3CCC(C)(C)C3=O)nc2C)ccn1. The monoisotopic (exact) mass is 368 g/mol. The highest BCUT2D eigenvalue weighted by Crippen LogP contribution is 2.31. The third-order valence-electron chi connectivity index (χ3n) is 4.68. The standard InChI is InChI=1S/C20H24N4O3/c1-5-14-12-15(8-10-21-14)27-16-6-7-17(22-13(16)2)23-19(26)24-11-9-20(3,4)18(24)25/h6-8,10,12H,5,9,11H2,1-4H3,(H,22,23,26). The number of hydrogen-bond acceptors (Lipinski definition) is 5. The van der Waals surface area contributed by atoms with Crippen LogP contribution in [0.4, 0.5) is 10.6 Å². The number of anilines is 1. The van der Waals surface area contributed by atoms with Crippen molar-refractivity contribution in [1.29, 1.82) is 0 Å². The Balaban J connectivity index is 1.69. The molecule has 3 rings (SSSR count). The molecule has 0 spiro atoms. The van der Waals surface area contributed by atoms with E-state index in [-0.39, 0.29) is 5.91 Å². The minimum Gasteiger partial charge on any atom is -0.455 e. The van der Waals surface area contributed by atoms with Crippen molar-refractivity contribution >= 4 is 17.8 Å². The molecule has 7 nitrogen and oxygen atoms in total. The van der Waals surface area contributed by atoms with Crippen molar-refractivity contribution < 1.29 is 14.3 Å². The summed E-state index contributed by atoms with van der Waals surface area (Å²) in [5.41, 5.74) is 1.08. The number of carbonyl (C=O) groups excluding carboxylic acids is 2. The van der Waals surface area contributed by atoms with Crippen molar-refractivity contribution in [2.75, 3.05) is 11.9 Å². The number of nitrogens with one attached hydrogen (secondary N) is 1. The molecule has 0 aliphatic carbocycles. The van der Waals surface area contributed by atoms with Crippen molar-refractivity contribution in [3.8, 4) is 11.5 Å². The number of aryl methyl sites for hydroxylation is 2. The molecule has 27 heavy (non-hydrogen) atoms. The third-order valence-corrected chi connectivity index (χ3v) is 4.68. The summed E-state index contributed by atoms with van der Waals surface area (Å²) in [7, 11) is 0. The van der Waals surface area contributed by atoms with E-state index in [2.05, 4.69) is 15.3 Å². The van der Waals surface area contributed by atoms with Gasteiger partial charge in [0.1, 0.15) is 17.3 Å². The van der Waals surface area contributed by atoms with Crippen molar-refractivity contribution in [2.45, 2.75) is 40.5 Å². The maximum atomic E-state index is 12.4. The van der Waals surface area contributed by atoms with E-state index in [1.807, 2.05) is 26.8 Å². The first-order chi connectivity index (χ1) is 12.8. The van der Waals surface area contributed by atoms with Crippen molar-refractivity contribution in [3.05, 3.63) is 41.9 Å². The lowest BCUT2D eigenvalue weighted by molar-refractivity contribution is -0.131. The number of pyridine rings is 2. The van der Waals surface area contributed by atoms with Crippen LogP contribution in [0.2, 0.25) is 0 Å². The first-order valence-electron chi connectivity index (χ1n) is 9.03. The van der Waals surface area contributed by atoms with Crippen LogP contribution >= 0.6 is 0 Å². The minimum atomic E-state index is -0.500. The number of aromatic nitrogens is 2. The lowest BCUT2D eigenvalue weighted by Gasteiger charge is -2.18. The average molecular weight is 368 g/mol. The van der Waals surface area contributed by atoms with Crippen LogP contribution in [0, 0.1) is 12.3 Å². The zero-order valence-electron chi connectivity index (χ0n) is 16.1. The Hall–Kier alpha value is -2.96. The smallest absolute Gasteiger partial charge is 0.329 e. The maximum absolute atomic E-state index is 12.4. The van der Waals surface area contributed by atoms with Crippen LogP contribution in [-0.4, -0.2) is 33.4 Å². The molecule has 7 heteroatoms. The number of likely N-dealkylation sites (tertiary alicyclic amines) is 1. The number of ether oxygens (including phenoxy) is 1. The molecule has 0 atom stereocenters. The van der Waals surface area contributed by atoms with Crippen molar-refractivity contribution in [2.24, 2.45) is 5.41 Å². The lowest BCUT2D eigenvalue weighted by atomic mass is 9.92. The summed E-state index contributed by atoms with van der Waals surface area (Å²) in [6.45, 7) is 7.94. The molecule has 0 unspecified atom stereocenters. The van der Waals surface area contributed by atoms with E-state index < -0.39 is 11.4 Å². The summed E-state index contributed by atoms with van der Waals surface area (Å²) in [5.74, 6) is 1.50. The lowest BCUT2D eigenvalue weighted by Crippen LogP contribution is -2.39. The molecule has 1 fully saturated rings. The summed E-state index contributed by atoms with van der Waals surface area (Å²) in [5, 5.41) is 2.69. The van der Waals surface area contributed by atoms with Crippen LogP contribution in [0.15, 0.2) is 30.5 Å². The van der Waals surface area contributed by atoms with Gasteiger partial charge in [-0.05, 0) is 38.0 Å². The van der Waals surface area contributed by atoms with Gasteiger partial charge < -0.3 is 4.74 Å². The number of carbonyl (C=O) groups is 2. The minimum absolute atomic E-state index is 0.166. The first kappa shape index (κ1) is 18.8. The van der Waals surface area contributed by atoms with E-state index >= 15 is 0 Å². The summed E-state index contributed by atoms with van der Waals surface area (Å²) >= 11 is 0. The second-order valence-corrected chi connectivity index (χ2v) is 7.24. The summed E-state index contributed by atoms with van der Waals surface area (Å²) in [6, 6.07) is 6.63. The average Bonchev–Trinajstić information content (AvgIpc) is 2.91. The first-order valence-corrected chi connectivity index (χ1v) is 9.03. The van der Waals surface area contributed by atoms with Crippen LogP contribution in [0.1, 0.15) is 38.6 Å². The van der Waals surface area contributed by atoms with E-state index in [4.69, 9.17) is 4.74 Å². The summed E-state index contributed by atoms with van der Waals surface area (Å²) < 4.78 is 5.88. The van der Waals surface area contributed by atoms with Crippen LogP contribution < -0.4 is 10.1 Å². The molecule has 142 valence electrons. The summed E-state index contributed by atoms with van der Waals surface area (Å²) in [4.78, 5) is 34.5. The Morgan fingerprint density at radius 1 is 1.33 bits per heavy atom. The predicted molar refractivity (Wildman–Crippen MR) is 102 cm³/mol. The Bertz CT molecular complexity index is 879. The number of hydrogen-bond donors (Lipinski definition) is 1. The highest BCUT2D eigenvalue weighted by molar-refractivity contribution is 6.03. The van der Waals surface area contributed by atoms with Gasteiger partial charge in [0.05, 0.1) is 5.69 Å². The number of urea groups is 1. The molecular formula is C20H24N4O3. The van der Waals surface area contributed by atoms with Crippen LogP contribution in [0.5, 0.6) is 11.5 Å². The molecule has 1 N–H and O–H groups in total. The molecule has 0 bridgehead atoms. The number of rotatable bonds is 4. The van der Waals surface area contributed by atoms with Crippen molar-refractivity contribution in [1.82, 2.24) is 14.9 Å². The van der Waals surface area contributed by atoms with E-state index in [0.29, 0.717) is 36.0 Å². The van der Waals surface area contributed by atoms with E-state index in [1.54, 1.807) is 31.3 Å². The van der Waals surface area contributed by atoms with E-state index in [9.17, 15) is 9.59 Å². The fourth-order valence-corrected chi connectivity index (χ4v) is 2.90. The molecule has 1 aliphatic rings. The Labute approximate surface area is 158 Å². The zero-order chi connectivity index (χ0) is 19.6. The second-order valence-electron chi connectivity index (χ2n) is 7.24. The van der Waals surface area contributed by atoms with Gasteiger partial charge in [-0.1, -0.05) is 20.8 Å². The normalized spacial score (nSPS) is 15.7. The summed E-state index contributed by atoms with van der Waals surface area (Å²) in [6.07, 6.45) is 3.19. The zero-order valence-corrected chi connectivity index (χ0v) is 16.1. The predicted octanol–water partition coefficient (Wildman–Crippen LogP) is 3.93. The Kier molecular flexibility index (Phi) is 5.12. The fraction of sp³-hybridized carbons (Fsp3) is 0.400. The van der Waals surface area contributed by atoms with E-state index in [1.165, 1.54) is 4.90 Å². The maximum Gasteiger partial charge on any atom is 0.329 e. The van der Waals surface area contributed by atoms with Crippen LogP contribution in [-0.2, 0) is 11.2 Å². The van der Waals surface area contributed by atoms with Gasteiger partial charge in [-0.3, -0.25) is 20.0 Å². The van der Waals surface area contributed by atoms with Gasteiger partial charge in [-0.25, -0.2) is 9.78 Å². The molecule has 0 aromatic carbocycles. The molecule has 2 aromatic heterocycles. The van der Waals surface area contributed by atoms with Gasteiger partial charge in [0.25, 0.3) is 0 Å². The second kappa shape index (κ2) is 7.34. The molecule has 0 radical (unpaired) electrons. The van der Waals surface area contributed by atoms with Gasteiger partial charge >= 0.3 is 6.03 Å². The molecular weight excluding hydrogens is 344 g/mol. The molecule has 2 aromatic rings. The van der Waals surface area contributed by atoms with Gasteiger partial charge in [0.15, 0.2) is 0 Å². The van der Waals surface area contributed by atoms with Crippen LogP contribution in [0.25, 0.3) is 0 Å². The highest BCUT2D eigenvalue weighted by Gasteiger charge is 2.41. The quantitative estimate of drug-likeness (QED) is 0.884. The largest absolute Gasteiger partial charge is 0.455 e. The third kappa shape index (κ3) is 4.07. The Morgan fingerprint density at radius 3 is 2.74 bits per heavy atom. The van der Waals surface area contributed by atoms with Gasteiger partial charge in [-0.15, -0.1) is 0 Å². The van der Waals surface area contributed by atoms with Crippen LogP contribution in [0.3, 0.4) is 0 Å². The van der Waals surface area contributed by atoms with Crippen molar-refractivity contribution in [3.63, 3.8) is 0 Å². The van der Waals surface area contributed by atoms with Gasteiger partial charge in [0.2, 0.25) is 5.91 Å². The number of imide groups is 1. The van der Waals surface area contributed by atoms with E-state index in [0.717, 1.165) is 12.1 Å². The molecule has 1 aliphatic heterocycles. The van der Waals surface area contributed by atoms with Gasteiger partial charge in [0, 0.05) is 29.9 Å². The fourth-order valence-electron chi connectivity index (χ4n) is 2.90. The number of amides is 3. The number of nitrogens with zero attached hydrogens (tertiary/aromatic N) is 3. The highest BCUT2D eigenvalue weighted by atomic mass is 16.5. The molecule has 1 saturated heterocycles. The molecule has 0 saturated carbocycles.